The van der Waals surface area contributed by atoms with Gasteiger partial charge in [-0.25, -0.2) is 4.79 Å². The molecule has 7 heteroatoms. The van der Waals surface area contributed by atoms with Crippen molar-refractivity contribution >= 4 is 22.8 Å². The summed E-state index contributed by atoms with van der Waals surface area (Å²) >= 11 is 0. The third-order valence-electron chi connectivity index (χ3n) is 4.58. The zero-order chi connectivity index (χ0) is 19.9. The minimum atomic E-state index is -0.268. The lowest BCUT2D eigenvalue weighted by atomic mass is 10.2. The number of rotatable bonds is 8. The molecule has 0 aliphatic heterocycles. The van der Waals surface area contributed by atoms with Crippen LogP contribution in [-0.4, -0.2) is 27.5 Å². The first-order chi connectivity index (χ1) is 13.6. The second-order valence-electron chi connectivity index (χ2n) is 6.46. The minimum Gasteiger partial charge on any atom is -0.350 e. The van der Waals surface area contributed by atoms with Crippen LogP contribution in [0.15, 0.2) is 59.4 Å². The number of para-hydroxylation sites is 2. The summed E-state index contributed by atoms with van der Waals surface area (Å²) in [5.74, 6) is -0.521. The molecule has 0 saturated heterocycles. The first-order valence-electron chi connectivity index (χ1n) is 9.35. The van der Waals surface area contributed by atoms with E-state index in [0.29, 0.717) is 13.1 Å². The van der Waals surface area contributed by atoms with Crippen molar-refractivity contribution in [2.24, 2.45) is 0 Å². The molecule has 28 heavy (non-hydrogen) atoms. The molecule has 2 N–H and O–H groups in total. The predicted molar refractivity (Wildman–Crippen MR) is 108 cm³/mol. The number of carbonyl (C=O) groups is 2. The quantitative estimate of drug-likeness (QED) is 0.623. The van der Waals surface area contributed by atoms with Gasteiger partial charge in [0, 0.05) is 26.1 Å². The van der Waals surface area contributed by atoms with Crippen LogP contribution in [0.25, 0.3) is 11.0 Å². The normalized spacial score (nSPS) is 10.8. The maximum atomic E-state index is 12.5. The fourth-order valence-electron chi connectivity index (χ4n) is 3.13. The molecule has 0 fully saturated rings. The summed E-state index contributed by atoms with van der Waals surface area (Å²) in [6, 6.07) is 17.1. The van der Waals surface area contributed by atoms with Crippen molar-refractivity contribution in [3.8, 4) is 0 Å². The molecule has 1 heterocycles. The van der Waals surface area contributed by atoms with Gasteiger partial charge in [0.2, 0.25) is 11.8 Å². The summed E-state index contributed by atoms with van der Waals surface area (Å²) < 4.78 is 3.29. The van der Waals surface area contributed by atoms with Crippen molar-refractivity contribution in [2.45, 2.75) is 33.0 Å². The molecule has 2 amide bonds. The largest absolute Gasteiger partial charge is 0.350 e. The summed E-state index contributed by atoms with van der Waals surface area (Å²) in [6.45, 7) is 3.08. The van der Waals surface area contributed by atoms with E-state index in [2.05, 4.69) is 10.6 Å². The van der Waals surface area contributed by atoms with Gasteiger partial charge in [0.15, 0.2) is 0 Å². The second-order valence-corrected chi connectivity index (χ2v) is 6.46. The van der Waals surface area contributed by atoms with Crippen LogP contribution in [0.1, 0.15) is 18.9 Å². The van der Waals surface area contributed by atoms with Crippen LogP contribution in [0.5, 0.6) is 0 Å². The van der Waals surface area contributed by atoms with E-state index in [9.17, 15) is 14.4 Å². The SMILES string of the molecule is CCn1c(=O)n(CCC(=O)NCC(=O)NCc2ccccc2)c2ccccc21. The summed E-state index contributed by atoms with van der Waals surface area (Å²) in [7, 11) is 0. The van der Waals surface area contributed by atoms with E-state index in [4.69, 9.17) is 0 Å². The zero-order valence-corrected chi connectivity index (χ0v) is 15.9. The summed E-state index contributed by atoms with van der Waals surface area (Å²) in [5.41, 5.74) is 2.53. The molecule has 0 bridgehead atoms. The van der Waals surface area contributed by atoms with Gasteiger partial charge in [-0.2, -0.15) is 0 Å². The molecule has 3 aromatic rings. The van der Waals surface area contributed by atoms with E-state index >= 15 is 0 Å². The van der Waals surface area contributed by atoms with Gasteiger partial charge in [-0.15, -0.1) is 0 Å². The van der Waals surface area contributed by atoms with Crippen molar-refractivity contribution in [1.29, 1.82) is 0 Å². The molecular formula is C21H24N4O3. The Balaban J connectivity index is 1.51. The van der Waals surface area contributed by atoms with Crippen LogP contribution in [-0.2, 0) is 29.2 Å². The average molecular weight is 380 g/mol. The van der Waals surface area contributed by atoms with Gasteiger partial charge >= 0.3 is 5.69 Å². The fourth-order valence-corrected chi connectivity index (χ4v) is 3.13. The van der Waals surface area contributed by atoms with Crippen molar-refractivity contribution < 1.29 is 9.59 Å². The lowest BCUT2D eigenvalue weighted by Gasteiger charge is -2.07. The number of carbonyl (C=O) groups excluding carboxylic acids is 2. The topological polar surface area (TPSA) is 85.1 Å². The first kappa shape index (κ1) is 19.4. The molecule has 1 aromatic heterocycles. The number of hydrogen-bond donors (Lipinski definition) is 2. The Labute approximate surface area is 163 Å². The predicted octanol–water partition coefficient (Wildman–Crippen LogP) is 1.65. The van der Waals surface area contributed by atoms with Crippen molar-refractivity contribution in [2.75, 3.05) is 6.54 Å². The van der Waals surface area contributed by atoms with Crippen LogP contribution in [0.2, 0.25) is 0 Å². The number of amides is 2. The van der Waals surface area contributed by atoms with Gasteiger partial charge in [-0.1, -0.05) is 42.5 Å². The Morgan fingerprint density at radius 1 is 0.857 bits per heavy atom. The lowest BCUT2D eigenvalue weighted by molar-refractivity contribution is -0.126. The maximum absolute atomic E-state index is 12.5. The summed E-state index contributed by atoms with van der Waals surface area (Å²) in [5, 5.41) is 5.36. The molecule has 0 atom stereocenters. The Kier molecular flexibility index (Phi) is 6.26. The molecule has 0 spiro atoms. The number of benzene rings is 2. The van der Waals surface area contributed by atoms with E-state index in [0.717, 1.165) is 16.6 Å². The molecule has 0 radical (unpaired) electrons. The standard InChI is InChI=1S/C21H24N4O3/c1-2-24-17-10-6-7-11-18(17)25(21(24)28)13-12-19(26)23-15-20(27)22-14-16-8-4-3-5-9-16/h3-11H,2,12-15H2,1H3,(H,22,27)(H,23,26). The highest BCUT2D eigenvalue weighted by Crippen LogP contribution is 2.12. The van der Waals surface area contributed by atoms with Gasteiger partial charge in [0.25, 0.3) is 0 Å². The third kappa shape index (κ3) is 4.49. The Bertz CT molecular complexity index is 1020. The highest BCUT2D eigenvalue weighted by Gasteiger charge is 2.13. The Hall–Kier alpha value is -3.35. The second kappa shape index (κ2) is 9.03. The van der Waals surface area contributed by atoms with Crippen molar-refractivity contribution in [1.82, 2.24) is 19.8 Å². The highest BCUT2D eigenvalue weighted by molar-refractivity contribution is 5.84. The summed E-state index contributed by atoms with van der Waals surface area (Å²) in [6.07, 6.45) is 0.129. The van der Waals surface area contributed by atoms with E-state index in [1.165, 1.54) is 0 Å². The number of fused-ring (bicyclic) bond motifs is 1. The van der Waals surface area contributed by atoms with Crippen LogP contribution in [0, 0.1) is 0 Å². The molecule has 0 aliphatic rings. The number of nitrogens with zero attached hydrogens (tertiary/aromatic N) is 2. The van der Waals surface area contributed by atoms with Crippen molar-refractivity contribution in [3.63, 3.8) is 0 Å². The average Bonchev–Trinajstić information content (AvgIpc) is 3.00. The maximum Gasteiger partial charge on any atom is 0.329 e. The van der Waals surface area contributed by atoms with Gasteiger partial charge in [0.05, 0.1) is 17.6 Å². The van der Waals surface area contributed by atoms with Crippen LogP contribution in [0.4, 0.5) is 0 Å². The minimum absolute atomic E-state index is 0.0860. The number of imidazole rings is 1. The van der Waals surface area contributed by atoms with Crippen LogP contribution in [0.3, 0.4) is 0 Å². The first-order valence-corrected chi connectivity index (χ1v) is 9.35. The molecule has 0 saturated carbocycles. The van der Waals surface area contributed by atoms with E-state index < -0.39 is 0 Å². The molecule has 0 unspecified atom stereocenters. The lowest BCUT2D eigenvalue weighted by Crippen LogP contribution is -2.37. The van der Waals surface area contributed by atoms with Gasteiger partial charge in [-0.3, -0.25) is 18.7 Å². The Morgan fingerprint density at radius 2 is 1.50 bits per heavy atom. The molecule has 2 aromatic carbocycles. The monoisotopic (exact) mass is 380 g/mol. The summed E-state index contributed by atoms with van der Waals surface area (Å²) in [4.78, 5) is 36.5. The number of hydrogen-bond acceptors (Lipinski definition) is 3. The number of aromatic nitrogens is 2. The van der Waals surface area contributed by atoms with E-state index in [1.807, 2.05) is 61.5 Å². The number of aryl methyl sites for hydroxylation is 2. The molecule has 0 aliphatic carbocycles. The van der Waals surface area contributed by atoms with Crippen LogP contribution >= 0.6 is 0 Å². The van der Waals surface area contributed by atoms with Gasteiger partial charge in [0.1, 0.15) is 0 Å². The zero-order valence-electron chi connectivity index (χ0n) is 15.9. The van der Waals surface area contributed by atoms with Crippen LogP contribution < -0.4 is 16.3 Å². The van der Waals surface area contributed by atoms with Crippen molar-refractivity contribution in [3.05, 3.63) is 70.6 Å². The molecular weight excluding hydrogens is 356 g/mol. The smallest absolute Gasteiger partial charge is 0.329 e. The van der Waals surface area contributed by atoms with E-state index in [1.54, 1.807) is 9.13 Å². The molecule has 146 valence electrons. The Morgan fingerprint density at radius 3 is 2.18 bits per heavy atom. The number of nitrogens with one attached hydrogen (secondary N) is 2. The van der Waals surface area contributed by atoms with Gasteiger partial charge in [-0.05, 0) is 24.6 Å². The third-order valence-corrected chi connectivity index (χ3v) is 4.58. The van der Waals surface area contributed by atoms with E-state index in [-0.39, 0.29) is 37.0 Å². The fraction of sp³-hybridized carbons (Fsp3) is 0.286. The molecule has 7 nitrogen and oxygen atoms in total. The highest BCUT2D eigenvalue weighted by atomic mass is 16.2. The van der Waals surface area contributed by atoms with Gasteiger partial charge < -0.3 is 10.6 Å². The molecule has 3 rings (SSSR count).